The minimum Gasteiger partial charge on any atom is -0.454 e. The topological polar surface area (TPSA) is 43.4 Å². The average molecular weight is 326 g/mol. The van der Waals surface area contributed by atoms with E-state index >= 15 is 0 Å². The molecule has 0 heterocycles. The Labute approximate surface area is 143 Å². The third-order valence-electron chi connectivity index (χ3n) is 6.57. The molecule has 128 valence electrons. The maximum Gasteiger partial charge on any atom is 0.338 e. The summed E-state index contributed by atoms with van der Waals surface area (Å²) in [5, 5.41) is 0. The molecule has 0 aromatic heterocycles. The Morgan fingerprint density at radius 2 is 1.62 bits per heavy atom. The van der Waals surface area contributed by atoms with Crippen molar-refractivity contribution in [2.24, 2.45) is 23.2 Å². The molecule has 4 aliphatic carbocycles. The molecule has 3 heteroatoms. The van der Waals surface area contributed by atoms with Crippen molar-refractivity contribution in [2.45, 2.75) is 52.4 Å². The van der Waals surface area contributed by atoms with Gasteiger partial charge in [-0.15, -0.1) is 0 Å². The van der Waals surface area contributed by atoms with E-state index in [1.165, 1.54) is 19.3 Å². The first-order valence-corrected chi connectivity index (χ1v) is 9.23. The van der Waals surface area contributed by atoms with Gasteiger partial charge in [-0.05, 0) is 81.8 Å². The molecule has 1 aromatic rings. The maximum absolute atomic E-state index is 12.9. The number of hydrogen-bond acceptors (Lipinski definition) is 3. The van der Waals surface area contributed by atoms with Crippen LogP contribution in [0.3, 0.4) is 0 Å². The maximum atomic E-state index is 12.9. The molecule has 0 unspecified atom stereocenters. The van der Waals surface area contributed by atoms with E-state index in [0.717, 1.165) is 48.1 Å². The molecule has 4 aliphatic rings. The fraction of sp³-hybridized carbons (Fsp3) is 0.619. The molecule has 0 atom stereocenters. The first-order chi connectivity index (χ1) is 11.4. The summed E-state index contributed by atoms with van der Waals surface area (Å²) in [6, 6.07) is 5.67. The number of aryl methyl sites for hydroxylation is 2. The van der Waals surface area contributed by atoms with Crippen LogP contribution in [0.5, 0.6) is 0 Å². The van der Waals surface area contributed by atoms with E-state index in [1.807, 2.05) is 26.0 Å². The average Bonchev–Trinajstić information content (AvgIpc) is 2.51. The zero-order chi connectivity index (χ0) is 16.9. The smallest absolute Gasteiger partial charge is 0.338 e. The molecule has 0 N–H and O–H groups in total. The summed E-state index contributed by atoms with van der Waals surface area (Å²) >= 11 is 0. The Hall–Kier alpha value is -1.64. The van der Waals surface area contributed by atoms with Crippen molar-refractivity contribution in [3.8, 4) is 0 Å². The van der Waals surface area contributed by atoms with Crippen LogP contribution < -0.4 is 0 Å². The van der Waals surface area contributed by atoms with Crippen LogP contribution in [-0.4, -0.2) is 18.4 Å². The Bertz CT molecular complexity index is 653. The van der Waals surface area contributed by atoms with Gasteiger partial charge in [-0.1, -0.05) is 17.7 Å². The van der Waals surface area contributed by atoms with Crippen molar-refractivity contribution in [3.63, 3.8) is 0 Å². The lowest BCUT2D eigenvalue weighted by Crippen LogP contribution is -2.51. The number of rotatable bonds is 4. The fourth-order valence-corrected chi connectivity index (χ4v) is 5.86. The molecule has 0 amide bonds. The number of carbonyl (C=O) groups excluding carboxylic acids is 2. The number of hydrogen-bond donors (Lipinski definition) is 0. The van der Waals surface area contributed by atoms with E-state index in [2.05, 4.69) is 0 Å². The van der Waals surface area contributed by atoms with Crippen LogP contribution in [0.25, 0.3) is 0 Å². The summed E-state index contributed by atoms with van der Waals surface area (Å²) in [4.78, 5) is 25.2. The Morgan fingerprint density at radius 3 is 2.17 bits per heavy atom. The second-order valence-corrected chi connectivity index (χ2v) is 8.52. The molecule has 5 rings (SSSR count). The molecule has 1 aromatic carbocycles. The minimum atomic E-state index is -0.370. The SMILES string of the molecule is Cc1ccc(C(=O)OCC(=O)C23CC4CC(CC(C4)C2)C3)c(C)c1. The van der Waals surface area contributed by atoms with E-state index in [0.29, 0.717) is 5.56 Å². The highest BCUT2D eigenvalue weighted by Gasteiger charge is 2.54. The summed E-state index contributed by atoms with van der Waals surface area (Å²) in [6.07, 6.45) is 7.02. The van der Waals surface area contributed by atoms with Crippen LogP contribution in [0.15, 0.2) is 18.2 Å². The quantitative estimate of drug-likeness (QED) is 0.777. The summed E-state index contributed by atoms with van der Waals surface area (Å²) in [7, 11) is 0. The lowest BCUT2D eigenvalue weighted by atomic mass is 9.48. The monoisotopic (exact) mass is 326 g/mol. The van der Waals surface area contributed by atoms with Crippen LogP contribution in [-0.2, 0) is 9.53 Å². The molecule has 3 nitrogen and oxygen atoms in total. The second-order valence-electron chi connectivity index (χ2n) is 8.52. The number of ether oxygens (including phenoxy) is 1. The van der Waals surface area contributed by atoms with E-state index < -0.39 is 0 Å². The molecule has 0 aliphatic heterocycles. The largest absolute Gasteiger partial charge is 0.454 e. The molecule has 4 bridgehead atoms. The molecular weight excluding hydrogens is 300 g/mol. The Balaban J connectivity index is 1.42. The normalized spacial score (nSPS) is 33.5. The molecule has 0 spiro atoms. The number of ketones is 1. The standard InChI is InChI=1S/C21H26O3/c1-13-3-4-18(14(2)5-13)20(23)24-12-19(22)21-9-15-6-16(10-21)8-17(7-15)11-21/h3-5,15-17H,6-12H2,1-2H3. The van der Waals surface area contributed by atoms with Crippen LogP contribution in [0.1, 0.15) is 60.0 Å². The second kappa shape index (κ2) is 5.72. The van der Waals surface area contributed by atoms with E-state index in [1.54, 1.807) is 6.07 Å². The first kappa shape index (κ1) is 15.9. The number of carbonyl (C=O) groups is 2. The lowest BCUT2D eigenvalue weighted by Gasteiger charge is -2.55. The Morgan fingerprint density at radius 1 is 1.04 bits per heavy atom. The van der Waals surface area contributed by atoms with Crippen molar-refractivity contribution in [1.29, 1.82) is 0 Å². The van der Waals surface area contributed by atoms with Gasteiger partial charge in [0, 0.05) is 5.41 Å². The van der Waals surface area contributed by atoms with E-state index in [9.17, 15) is 9.59 Å². The molecule has 0 radical (unpaired) electrons. The molecular formula is C21H26O3. The summed E-state index contributed by atoms with van der Waals surface area (Å²) in [5.41, 5.74) is 2.41. The van der Waals surface area contributed by atoms with Gasteiger partial charge < -0.3 is 4.74 Å². The highest BCUT2D eigenvalue weighted by molar-refractivity contribution is 5.94. The summed E-state index contributed by atoms with van der Waals surface area (Å²) in [6.45, 7) is 3.85. The summed E-state index contributed by atoms with van der Waals surface area (Å²) < 4.78 is 5.41. The number of benzene rings is 1. The third kappa shape index (κ3) is 2.68. The first-order valence-electron chi connectivity index (χ1n) is 9.23. The van der Waals surface area contributed by atoms with Gasteiger partial charge in [0.05, 0.1) is 5.56 Å². The Kier molecular flexibility index (Phi) is 3.78. The summed E-state index contributed by atoms with van der Waals surface area (Å²) in [5.74, 6) is 1.99. The van der Waals surface area contributed by atoms with Gasteiger partial charge in [-0.2, -0.15) is 0 Å². The number of Topliss-reactive ketones (excluding diaryl/α,β-unsaturated/α-hetero) is 1. The van der Waals surface area contributed by atoms with Gasteiger partial charge in [0.25, 0.3) is 0 Å². The van der Waals surface area contributed by atoms with Gasteiger partial charge in [0.15, 0.2) is 12.4 Å². The minimum absolute atomic E-state index is 0.0572. The van der Waals surface area contributed by atoms with Crippen LogP contribution in [0.2, 0.25) is 0 Å². The zero-order valence-corrected chi connectivity index (χ0v) is 14.6. The molecule has 24 heavy (non-hydrogen) atoms. The van der Waals surface area contributed by atoms with Gasteiger partial charge in [0.2, 0.25) is 0 Å². The molecule has 4 fully saturated rings. The predicted molar refractivity (Wildman–Crippen MR) is 91.8 cm³/mol. The number of esters is 1. The highest BCUT2D eigenvalue weighted by Crippen LogP contribution is 2.60. The van der Waals surface area contributed by atoms with Crippen LogP contribution >= 0.6 is 0 Å². The molecule has 4 saturated carbocycles. The molecule has 0 saturated heterocycles. The van der Waals surface area contributed by atoms with Gasteiger partial charge in [-0.25, -0.2) is 4.79 Å². The fourth-order valence-electron chi connectivity index (χ4n) is 5.86. The highest BCUT2D eigenvalue weighted by atomic mass is 16.5. The van der Waals surface area contributed by atoms with Crippen LogP contribution in [0.4, 0.5) is 0 Å². The van der Waals surface area contributed by atoms with Crippen molar-refractivity contribution in [3.05, 3.63) is 34.9 Å². The predicted octanol–water partition coefficient (Wildman–Crippen LogP) is 4.25. The van der Waals surface area contributed by atoms with E-state index in [4.69, 9.17) is 4.74 Å². The van der Waals surface area contributed by atoms with Gasteiger partial charge >= 0.3 is 5.97 Å². The zero-order valence-electron chi connectivity index (χ0n) is 14.6. The van der Waals surface area contributed by atoms with Gasteiger partial charge in [0.1, 0.15) is 0 Å². The van der Waals surface area contributed by atoms with Gasteiger partial charge in [-0.3, -0.25) is 4.79 Å². The van der Waals surface area contributed by atoms with Crippen molar-refractivity contribution >= 4 is 11.8 Å². The van der Waals surface area contributed by atoms with E-state index in [-0.39, 0.29) is 23.8 Å². The van der Waals surface area contributed by atoms with Crippen molar-refractivity contribution in [1.82, 2.24) is 0 Å². The lowest BCUT2D eigenvalue weighted by molar-refractivity contribution is -0.147. The van der Waals surface area contributed by atoms with Crippen molar-refractivity contribution in [2.75, 3.05) is 6.61 Å². The van der Waals surface area contributed by atoms with Crippen molar-refractivity contribution < 1.29 is 14.3 Å². The van der Waals surface area contributed by atoms with Crippen LogP contribution in [0, 0.1) is 37.0 Å². The third-order valence-corrected chi connectivity index (χ3v) is 6.57.